The number of aliphatic hydroxyl groups is 1. The van der Waals surface area contributed by atoms with Crippen LogP contribution in [-0.4, -0.2) is 25.4 Å². The molecule has 0 bridgehead atoms. The minimum Gasteiger partial charge on any atom is -0.497 e. The molecule has 0 aliphatic heterocycles. The van der Waals surface area contributed by atoms with Gasteiger partial charge in [-0.2, -0.15) is 0 Å². The lowest BCUT2D eigenvalue weighted by atomic mass is 9.95. The fraction of sp³-hybridized carbons (Fsp3) is 0.600. The summed E-state index contributed by atoms with van der Waals surface area (Å²) in [6, 6.07) is 8.39. The van der Waals surface area contributed by atoms with Gasteiger partial charge in [0, 0.05) is 13.2 Å². The predicted molar refractivity (Wildman–Crippen MR) is 79.0 cm³/mol. The first kappa shape index (κ1) is 19.3. The van der Waals surface area contributed by atoms with Crippen molar-refractivity contribution in [2.75, 3.05) is 14.2 Å². The highest BCUT2D eigenvalue weighted by Gasteiger charge is 2.08. The van der Waals surface area contributed by atoms with Gasteiger partial charge in [-0.1, -0.05) is 32.9 Å². The number of aliphatic hydroxyl groups excluding tert-OH is 1. The molecule has 0 aliphatic carbocycles. The number of hydrogen-bond donors (Lipinski definition) is 2. The summed E-state index contributed by atoms with van der Waals surface area (Å²) in [6.45, 7) is 8.22. The zero-order valence-corrected chi connectivity index (χ0v) is 12.6. The number of ether oxygens (including phenoxy) is 1. The Morgan fingerprint density at radius 2 is 1.78 bits per heavy atom. The van der Waals surface area contributed by atoms with Crippen LogP contribution in [0.25, 0.3) is 0 Å². The molecule has 3 N–H and O–H groups in total. The van der Waals surface area contributed by atoms with Crippen molar-refractivity contribution in [1.29, 1.82) is 0 Å². The monoisotopic (exact) mass is 255 g/mol. The molecule has 0 saturated carbocycles. The van der Waals surface area contributed by atoms with Crippen LogP contribution < -0.4 is 10.5 Å². The van der Waals surface area contributed by atoms with Crippen LogP contribution in [0.3, 0.4) is 0 Å². The summed E-state index contributed by atoms with van der Waals surface area (Å²) in [5.41, 5.74) is 7.11. The molecule has 0 fully saturated rings. The van der Waals surface area contributed by atoms with Crippen LogP contribution in [-0.2, 0) is 6.42 Å². The molecule has 106 valence electrons. The molecule has 3 nitrogen and oxygen atoms in total. The Balaban J connectivity index is 0. The van der Waals surface area contributed by atoms with E-state index in [-0.39, 0.29) is 6.04 Å². The minimum atomic E-state index is 0.237. The highest BCUT2D eigenvalue weighted by atomic mass is 16.5. The van der Waals surface area contributed by atoms with Crippen LogP contribution in [0.1, 0.15) is 33.3 Å². The van der Waals surface area contributed by atoms with E-state index >= 15 is 0 Å². The van der Waals surface area contributed by atoms with E-state index in [2.05, 4.69) is 19.1 Å². The van der Waals surface area contributed by atoms with E-state index in [9.17, 15) is 0 Å². The van der Waals surface area contributed by atoms with E-state index in [1.807, 2.05) is 32.9 Å². The molecule has 0 amide bonds. The first-order chi connectivity index (χ1) is 8.63. The first-order valence-corrected chi connectivity index (χ1v) is 6.46. The van der Waals surface area contributed by atoms with E-state index in [1.54, 1.807) is 7.11 Å². The van der Waals surface area contributed by atoms with E-state index in [0.717, 1.165) is 19.3 Å². The van der Waals surface area contributed by atoms with E-state index in [0.29, 0.717) is 5.92 Å². The molecule has 2 atom stereocenters. The molecule has 1 rings (SSSR count). The van der Waals surface area contributed by atoms with Gasteiger partial charge in [0.1, 0.15) is 5.75 Å². The molecular formula is C15H29NO2. The van der Waals surface area contributed by atoms with E-state index in [1.165, 1.54) is 5.56 Å². The SMILES string of the molecule is CC.CO.COc1cccc(CC(C)C(C)N)c1. The first-order valence-electron chi connectivity index (χ1n) is 6.46. The van der Waals surface area contributed by atoms with Crippen LogP contribution in [0.5, 0.6) is 5.75 Å². The van der Waals surface area contributed by atoms with Gasteiger partial charge in [0.2, 0.25) is 0 Å². The maximum atomic E-state index is 7.00. The molecule has 0 spiro atoms. The fourth-order valence-corrected chi connectivity index (χ4v) is 1.36. The largest absolute Gasteiger partial charge is 0.497 e. The summed E-state index contributed by atoms with van der Waals surface area (Å²) in [6.07, 6.45) is 1.01. The van der Waals surface area contributed by atoms with Crippen molar-refractivity contribution in [2.24, 2.45) is 11.7 Å². The van der Waals surface area contributed by atoms with Gasteiger partial charge in [0.25, 0.3) is 0 Å². The quantitative estimate of drug-likeness (QED) is 0.870. The Morgan fingerprint density at radius 1 is 1.22 bits per heavy atom. The molecule has 0 saturated heterocycles. The Bertz CT molecular complexity index is 288. The Kier molecular flexibility index (Phi) is 13.3. The second-order valence-electron chi connectivity index (χ2n) is 3.89. The Morgan fingerprint density at radius 3 is 2.22 bits per heavy atom. The van der Waals surface area contributed by atoms with Crippen molar-refractivity contribution in [1.82, 2.24) is 0 Å². The van der Waals surface area contributed by atoms with Crippen LogP contribution >= 0.6 is 0 Å². The number of methoxy groups -OCH3 is 1. The molecule has 0 heterocycles. The highest BCUT2D eigenvalue weighted by molar-refractivity contribution is 5.28. The van der Waals surface area contributed by atoms with Gasteiger partial charge < -0.3 is 15.6 Å². The summed E-state index contributed by atoms with van der Waals surface area (Å²) in [7, 11) is 2.69. The van der Waals surface area contributed by atoms with Crippen LogP contribution in [0, 0.1) is 5.92 Å². The van der Waals surface area contributed by atoms with Crippen molar-refractivity contribution in [3.63, 3.8) is 0 Å². The molecular weight excluding hydrogens is 226 g/mol. The van der Waals surface area contributed by atoms with Crippen molar-refractivity contribution in [3.8, 4) is 5.75 Å². The molecule has 0 aliphatic rings. The van der Waals surface area contributed by atoms with Gasteiger partial charge in [0.15, 0.2) is 0 Å². The standard InChI is InChI=1S/C12H19NO.C2H6.CH4O/c1-9(10(2)13)7-11-5-4-6-12(8-11)14-3;2*1-2/h4-6,8-10H,7,13H2,1-3H3;1-2H3;2H,1H3. The van der Waals surface area contributed by atoms with Gasteiger partial charge in [-0.15, -0.1) is 0 Å². The number of nitrogens with two attached hydrogens (primary N) is 1. The normalized spacial score (nSPS) is 12.2. The average Bonchev–Trinajstić information content (AvgIpc) is 2.43. The number of rotatable bonds is 4. The average molecular weight is 255 g/mol. The molecule has 0 aromatic heterocycles. The van der Waals surface area contributed by atoms with Crippen molar-refractivity contribution < 1.29 is 9.84 Å². The van der Waals surface area contributed by atoms with Crippen molar-refractivity contribution >= 4 is 0 Å². The van der Waals surface area contributed by atoms with Gasteiger partial charge in [0.05, 0.1) is 7.11 Å². The van der Waals surface area contributed by atoms with Gasteiger partial charge >= 0.3 is 0 Å². The summed E-state index contributed by atoms with van der Waals surface area (Å²) in [4.78, 5) is 0. The molecule has 2 unspecified atom stereocenters. The van der Waals surface area contributed by atoms with Crippen molar-refractivity contribution in [3.05, 3.63) is 29.8 Å². The maximum absolute atomic E-state index is 7.00. The maximum Gasteiger partial charge on any atom is 0.119 e. The third-order valence-electron chi connectivity index (χ3n) is 2.59. The van der Waals surface area contributed by atoms with Gasteiger partial charge in [-0.05, 0) is 37.0 Å². The topological polar surface area (TPSA) is 55.5 Å². The summed E-state index contributed by atoms with van der Waals surface area (Å²) in [5, 5.41) is 7.00. The number of hydrogen-bond acceptors (Lipinski definition) is 3. The lowest BCUT2D eigenvalue weighted by Crippen LogP contribution is -2.25. The zero-order chi connectivity index (χ0) is 14.6. The minimum absolute atomic E-state index is 0.237. The predicted octanol–water partition coefficient (Wildman–Crippen LogP) is 2.86. The molecule has 0 radical (unpaired) electrons. The summed E-state index contributed by atoms with van der Waals surface area (Å²) in [5.74, 6) is 1.42. The van der Waals surface area contributed by atoms with Crippen LogP contribution in [0.15, 0.2) is 24.3 Å². The van der Waals surface area contributed by atoms with E-state index < -0.39 is 0 Å². The third-order valence-corrected chi connectivity index (χ3v) is 2.59. The van der Waals surface area contributed by atoms with Crippen molar-refractivity contribution in [2.45, 2.75) is 40.2 Å². The molecule has 18 heavy (non-hydrogen) atoms. The molecule has 1 aromatic rings. The fourth-order valence-electron chi connectivity index (χ4n) is 1.36. The lowest BCUT2D eigenvalue weighted by molar-refractivity contribution is 0.399. The lowest BCUT2D eigenvalue weighted by Gasteiger charge is -2.15. The number of benzene rings is 1. The third kappa shape index (κ3) is 8.09. The molecule has 3 heteroatoms. The van der Waals surface area contributed by atoms with Gasteiger partial charge in [-0.3, -0.25) is 0 Å². The second-order valence-corrected chi connectivity index (χ2v) is 3.89. The Hall–Kier alpha value is -1.06. The zero-order valence-electron chi connectivity index (χ0n) is 12.6. The summed E-state index contributed by atoms with van der Waals surface area (Å²) >= 11 is 0. The van der Waals surface area contributed by atoms with Gasteiger partial charge in [-0.25, -0.2) is 0 Å². The Labute approximate surface area is 112 Å². The van der Waals surface area contributed by atoms with Crippen LogP contribution in [0.2, 0.25) is 0 Å². The highest BCUT2D eigenvalue weighted by Crippen LogP contribution is 2.16. The smallest absolute Gasteiger partial charge is 0.119 e. The second kappa shape index (κ2) is 12.4. The van der Waals surface area contributed by atoms with Crippen LogP contribution in [0.4, 0.5) is 0 Å². The van der Waals surface area contributed by atoms with E-state index in [4.69, 9.17) is 15.6 Å². The summed E-state index contributed by atoms with van der Waals surface area (Å²) < 4.78 is 5.17. The molecule has 1 aromatic carbocycles.